The first-order valence-electron chi connectivity index (χ1n) is 7.20. The zero-order valence-corrected chi connectivity index (χ0v) is 13.0. The van der Waals surface area contributed by atoms with Gasteiger partial charge in [-0.15, -0.1) is 5.10 Å². The summed E-state index contributed by atoms with van der Waals surface area (Å²) >= 11 is 0. The summed E-state index contributed by atoms with van der Waals surface area (Å²) in [5.41, 5.74) is 3.00. The number of rotatable bonds is 1. The molecule has 0 bridgehead atoms. The molecule has 1 aliphatic heterocycles. The number of anilines is 1. The SMILES string of the molecule is Cc1nn(C)c2c1N(C(=O)c1ccnc3c1nnn3C)CCO2. The highest BCUT2D eigenvalue weighted by Crippen LogP contribution is 2.35. The van der Waals surface area contributed by atoms with Gasteiger partial charge in [-0.3, -0.25) is 9.69 Å². The number of carbonyl (C=O) groups is 1. The van der Waals surface area contributed by atoms with Gasteiger partial charge in [0.25, 0.3) is 5.91 Å². The van der Waals surface area contributed by atoms with Crippen molar-refractivity contribution in [3.8, 4) is 5.88 Å². The minimum absolute atomic E-state index is 0.154. The molecule has 0 saturated heterocycles. The van der Waals surface area contributed by atoms with Crippen LogP contribution < -0.4 is 9.64 Å². The molecule has 23 heavy (non-hydrogen) atoms. The molecule has 3 aromatic heterocycles. The van der Waals surface area contributed by atoms with E-state index in [-0.39, 0.29) is 5.91 Å². The van der Waals surface area contributed by atoms with Crippen LogP contribution in [0, 0.1) is 6.92 Å². The van der Waals surface area contributed by atoms with Gasteiger partial charge in [0.1, 0.15) is 17.8 Å². The lowest BCUT2D eigenvalue weighted by Gasteiger charge is -2.27. The van der Waals surface area contributed by atoms with E-state index in [9.17, 15) is 4.79 Å². The minimum Gasteiger partial charge on any atom is -0.474 e. The van der Waals surface area contributed by atoms with Gasteiger partial charge in [0, 0.05) is 20.3 Å². The third kappa shape index (κ3) is 1.89. The van der Waals surface area contributed by atoms with Crippen LogP contribution in [0.3, 0.4) is 0 Å². The smallest absolute Gasteiger partial charge is 0.261 e. The van der Waals surface area contributed by atoms with Crippen molar-refractivity contribution in [3.63, 3.8) is 0 Å². The Morgan fingerprint density at radius 3 is 2.96 bits per heavy atom. The lowest BCUT2D eigenvalue weighted by Crippen LogP contribution is -2.38. The molecule has 1 amide bonds. The molecule has 0 unspecified atom stereocenters. The zero-order valence-electron chi connectivity index (χ0n) is 13.0. The molecule has 1 aliphatic rings. The highest BCUT2D eigenvalue weighted by atomic mass is 16.5. The van der Waals surface area contributed by atoms with Gasteiger partial charge in [0.2, 0.25) is 5.88 Å². The number of aryl methyl sites for hydroxylation is 3. The van der Waals surface area contributed by atoms with Crippen molar-refractivity contribution in [2.24, 2.45) is 14.1 Å². The maximum Gasteiger partial charge on any atom is 0.261 e. The number of carbonyl (C=O) groups excluding carboxylic acids is 1. The van der Waals surface area contributed by atoms with Gasteiger partial charge < -0.3 is 4.74 Å². The first-order chi connectivity index (χ1) is 11.1. The van der Waals surface area contributed by atoms with Crippen molar-refractivity contribution in [1.29, 1.82) is 0 Å². The molecule has 0 N–H and O–H groups in total. The summed E-state index contributed by atoms with van der Waals surface area (Å²) in [7, 11) is 3.54. The van der Waals surface area contributed by atoms with Gasteiger partial charge in [-0.05, 0) is 13.0 Å². The fraction of sp³-hybridized carbons (Fsp3) is 0.357. The Kier molecular flexibility index (Phi) is 2.83. The first-order valence-corrected chi connectivity index (χ1v) is 7.20. The van der Waals surface area contributed by atoms with Crippen LogP contribution >= 0.6 is 0 Å². The molecule has 0 saturated carbocycles. The molecule has 4 rings (SSSR count). The van der Waals surface area contributed by atoms with Crippen molar-refractivity contribution >= 4 is 22.8 Å². The van der Waals surface area contributed by atoms with Gasteiger partial charge >= 0.3 is 0 Å². The fourth-order valence-corrected chi connectivity index (χ4v) is 2.90. The van der Waals surface area contributed by atoms with Crippen molar-refractivity contribution in [3.05, 3.63) is 23.5 Å². The number of hydrogen-bond acceptors (Lipinski definition) is 6. The van der Waals surface area contributed by atoms with Gasteiger partial charge in [0.15, 0.2) is 5.65 Å². The van der Waals surface area contributed by atoms with Crippen LogP contribution in [0.15, 0.2) is 12.3 Å². The average Bonchev–Trinajstić information content (AvgIpc) is 3.08. The predicted molar refractivity (Wildman–Crippen MR) is 81.4 cm³/mol. The summed E-state index contributed by atoms with van der Waals surface area (Å²) in [4.78, 5) is 19.0. The third-order valence-corrected chi connectivity index (χ3v) is 3.93. The number of nitrogens with zero attached hydrogens (tertiary/aromatic N) is 7. The molecular weight excluding hydrogens is 298 g/mol. The summed E-state index contributed by atoms with van der Waals surface area (Å²) in [5.74, 6) is 0.449. The van der Waals surface area contributed by atoms with E-state index in [1.54, 1.807) is 40.6 Å². The molecule has 0 fully saturated rings. The summed E-state index contributed by atoms with van der Waals surface area (Å²) in [6.07, 6.45) is 1.59. The Labute approximate surface area is 131 Å². The van der Waals surface area contributed by atoms with Crippen LogP contribution in [0.5, 0.6) is 5.88 Å². The molecule has 0 atom stereocenters. The zero-order chi connectivity index (χ0) is 16.1. The van der Waals surface area contributed by atoms with Crippen molar-refractivity contribution < 1.29 is 9.53 Å². The van der Waals surface area contributed by atoms with Crippen LogP contribution in [0.2, 0.25) is 0 Å². The molecule has 0 radical (unpaired) electrons. The van der Waals surface area contributed by atoms with Crippen molar-refractivity contribution in [1.82, 2.24) is 29.8 Å². The average molecular weight is 313 g/mol. The molecule has 9 heteroatoms. The number of ether oxygens (including phenoxy) is 1. The second-order valence-electron chi connectivity index (χ2n) is 5.41. The summed E-state index contributed by atoms with van der Waals surface area (Å²) in [5, 5.41) is 12.3. The highest BCUT2D eigenvalue weighted by Gasteiger charge is 2.31. The molecular formula is C14H15N7O2. The van der Waals surface area contributed by atoms with E-state index in [4.69, 9.17) is 4.74 Å². The monoisotopic (exact) mass is 313 g/mol. The largest absolute Gasteiger partial charge is 0.474 e. The molecule has 0 aromatic carbocycles. The Morgan fingerprint density at radius 1 is 1.30 bits per heavy atom. The van der Waals surface area contributed by atoms with Crippen molar-refractivity contribution in [2.45, 2.75) is 6.92 Å². The van der Waals surface area contributed by atoms with E-state index >= 15 is 0 Å². The Hall–Kier alpha value is -2.97. The predicted octanol–water partition coefficient (Wildman–Crippen LogP) is 0.444. The second kappa shape index (κ2) is 4.77. The summed E-state index contributed by atoms with van der Waals surface area (Å²) in [6.45, 7) is 2.74. The van der Waals surface area contributed by atoms with E-state index in [0.29, 0.717) is 41.4 Å². The van der Waals surface area contributed by atoms with Crippen LogP contribution in [0.1, 0.15) is 16.1 Å². The summed E-state index contributed by atoms with van der Waals surface area (Å²) in [6, 6.07) is 1.67. The quantitative estimate of drug-likeness (QED) is 0.647. The van der Waals surface area contributed by atoms with Gasteiger partial charge in [-0.1, -0.05) is 5.21 Å². The molecule has 0 spiro atoms. The van der Waals surface area contributed by atoms with Gasteiger partial charge in [0.05, 0.1) is 17.8 Å². The Morgan fingerprint density at radius 2 is 2.13 bits per heavy atom. The van der Waals surface area contributed by atoms with Gasteiger partial charge in [-0.2, -0.15) is 5.10 Å². The van der Waals surface area contributed by atoms with Crippen LogP contribution in [0.4, 0.5) is 5.69 Å². The number of pyridine rings is 1. The van der Waals surface area contributed by atoms with E-state index in [1.807, 2.05) is 6.92 Å². The van der Waals surface area contributed by atoms with Crippen LogP contribution in [-0.4, -0.2) is 48.8 Å². The minimum atomic E-state index is -0.154. The van der Waals surface area contributed by atoms with E-state index in [1.165, 1.54) is 0 Å². The normalized spacial score (nSPS) is 14.0. The first kappa shape index (κ1) is 13.7. The standard InChI is InChI=1S/C14H15N7O2/c1-8-11-14(20(3)17-8)23-7-6-21(11)13(22)9-4-5-15-12-10(9)16-18-19(12)2/h4-5H,6-7H2,1-3H3. The highest BCUT2D eigenvalue weighted by molar-refractivity contribution is 6.13. The molecule has 4 heterocycles. The Bertz CT molecular complexity index is 927. The maximum absolute atomic E-state index is 13.1. The van der Waals surface area contributed by atoms with Crippen LogP contribution in [0.25, 0.3) is 11.2 Å². The van der Waals surface area contributed by atoms with Crippen molar-refractivity contribution in [2.75, 3.05) is 18.1 Å². The van der Waals surface area contributed by atoms with Gasteiger partial charge in [-0.25, -0.2) is 14.3 Å². The summed E-state index contributed by atoms with van der Waals surface area (Å²) < 4.78 is 8.84. The second-order valence-corrected chi connectivity index (χ2v) is 5.41. The number of aromatic nitrogens is 6. The third-order valence-electron chi connectivity index (χ3n) is 3.93. The van der Waals surface area contributed by atoms with E-state index < -0.39 is 0 Å². The molecule has 118 valence electrons. The fourth-order valence-electron chi connectivity index (χ4n) is 2.90. The maximum atomic E-state index is 13.1. The number of amides is 1. The molecule has 3 aromatic rings. The lowest BCUT2D eigenvalue weighted by atomic mass is 10.2. The number of fused-ring (bicyclic) bond motifs is 2. The topological polar surface area (TPSA) is 91.0 Å². The Balaban J connectivity index is 1.84. The molecule has 9 nitrogen and oxygen atoms in total. The van der Waals surface area contributed by atoms with E-state index in [2.05, 4.69) is 20.4 Å². The number of hydrogen-bond donors (Lipinski definition) is 0. The molecule has 0 aliphatic carbocycles. The van der Waals surface area contributed by atoms with Crippen LogP contribution in [-0.2, 0) is 14.1 Å². The lowest BCUT2D eigenvalue weighted by molar-refractivity contribution is 0.0976. The van der Waals surface area contributed by atoms with E-state index in [0.717, 1.165) is 5.69 Å².